The van der Waals surface area contributed by atoms with E-state index in [-0.39, 0.29) is 10.5 Å². The van der Waals surface area contributed by atoms with Crippen LogP contribution in [0.3, 0.4) is 0 Å². The molecule has 180 valence electrons. The number of fused-ring (bicyclic) bond motifs is 1. The molecule has 2 N–H and O–H groups in total. The second-order valence-electron chi connectivity index (χ2n) is 6.70. The van der Waals surface area contributed by atoms with Gasteiger partial charge in [0.25, 0.3) is 5.56 Å². The molecule has 0 spiro atoms. The number of likely N-dealkylation sites (N-methyl/N-ethyl adjacent to an activating group) is 1. The number of carbonyl (C=O) groups is 1. The summed E-state index contributed by atoms with van der Waals surface area (Å²) in [7, 11) is -1.58. The van der Waals surface area contributed by atoms with Crippen molar-refractivity contribution in [2.45, 2.75) is 45.6 Å². The fourth-order valence-electron chi connectivity index (χ4n) is 3.34. The zero-order valence-corrected chi connectivity index (χ0v) is 20.5. The van der Waals surface area contributed by atoms with Gasteiger partial charge in [-0.3, -0.25) is 9.89 Å². The summed E-state index contributed by atoms with van der Waals surface area (Å²) in [6, 6.07) is 3.08. The van der Waals surface area contributed by atoms with Gasteiger partial charge in [0.1, 0.15) is 11.7 Å². The summed E-state index contributed by atoms with van der Waals surface area (Å²) in [6.07, 6.45) is 2.00. The maximum absolute atomic E-state index is 12.8. The number of hydrogen-bond donors (Lipinski definition) is 2. The first kappa shape index (κ1) is 27.7. The van der Waals surface area contributed by atoms with Crippen molar-refractivity contribution in [2.24, 2.45) is 0 Å². The van der Waals surface area contributed by atoms with Gasteiger partial charge >= 0.3 is 0 Å². The summed E-state index contributed by atoms with van der Waals surface area (Å²) in [6.45, 7) is 13.8. The smallest absolute Gasteiger partial charge is 0.276 e. The van der Waals surface area contributed by atoms with Crippen molar-refractivity contribution >= 4 is 16.8 Å². The van der Waals surface area contributed by atoms with Crippen molar-refractivity contribution in [3.8, 4) is 5.82 Å². The van der Waals surface area contributed by atoms with Gasteiger partial charge in [0.15, 0.2) is 5.82 Å². The lowest BCUT2D eigenvalue weighted by Crippen LogP contribution is -2.47. The summed E-state index contributed by atoms with van der Waals surface area (Å²) in [4.78, 5) is 27.0. The number of nitrogens with one attached hydrogen (secondary N) is 2. The van der Waals surface area contributed by atoms with E-state index < -0.39 is 10.0 Å². The number of piperazine rings is 1. The van der Waals surface area contributed by atoms with Crippen LogP contribution in [-0.4, -0.2) is 78.9 Å². The van der Waals surface area contributed by atoms with Gasteiger partial charge in [0.2, 0.25) is 10.0 Å². The number of aromatic amines is 1. The van der Waals surface area contributed by atoms with Crippen LogP contribution in [-0.2, 0) is 27.8 Å². The number of aromatic nitrogens is 3. The molecule has 11 heteroatoms. The van der Waals surface area contributed by atoms with Crippen LogP contribution in [0.4, 0.5) is 0 Å². The summed E-state index contributed by atoms with van der Waals surface area (Å²) in [5.74, 6) is 0.390. The largest absolute Gasteiger partial charge is 0.311 e. The number of rotatable bonds is 3. The lowest BCUT2D eigenvalue weighted by Gasteiger charge is -2.31. The average Bonchev–Trinajstić information content (AvgIpc) is 3.20. The van der Waals surface area contributed by atoms with E-state index in [0.29, 0.717) is 45.0 Å². The Morgan fingerprint density at radius 2 is 1.66 bits per heavy atom. The van der Waals surface area contributed by atoms with E-state index >= 15 is 0 Å². The van der Waals surface area contributed by atoms with Gasteiger partial charge in [0.05, 0.1) is 5.69 Å². The zero-order chi connectivity index (χ0) is 24.3. The SMILES string of the molecule is C=O.CC.CC.CN1CCN(S(=O)(=O)c2ccc(-n3[nH]c4c(c3=O)CCNC4)nc2)CC1. The lowest BCUT2D eigenvalue weighted by molar-refractivity contribution is -0.0980. The van der Waals surface area contributed by atoms with E-state index in [2.05, 4.69) is 20.3 Å². The van der Waals surface area contributed by atoms with E-state index in [9.17, 15) is 13.2 Å². The Bertz CT molecular complexity index is 977. The molecule has 0 bridgehead atoms. The Labute approximate surface area is 190 Å². The lowest BCUT2D eigenvalue weighted by atomic mass is 10.1. The Morgan fingerprint density at radius 3 is 2.19 bits per heavy atom. The molecular weight excluding hydrogens is 432 g/mol. The van der Waals surface area contributed by atoms with E-state index in [4.69, 9.17) is 4.79 Å². The zero-order valence-electron chi connectivity index (χ0n) is 19.7. The molecule has 0 atom stereocenters. The number of pyridine rings is 1. The molecule has 0 aliphatic carbocycles. The molecule has 0 unspecified atom stereocenters. The molecule has 1 saturated heterocycles. The molecule has 10 nitrogen and oxygen atoms in total. The summed E-state index contributed by atoms with van der Waals surface area (Å²) >= 11 is 0. The van der Waals surface area contributed by atoms with E-state index in [0.717, 1.165) is 17.8 Å². The Balaban J connectivity index is 0.000000789. The molecule has 0 saturated carbocycles. The first-order valence-corrected chi connectivity index (χ1v) is 12.4. The van der Waals surface area contributed by atoms with Crippen LogP contribution in [0.2, 0.25) is 0 Å². The normalized spacial score (nSPS) is 16.3. The van der Waals surface area contributed by atoms with Gasteiger partial charge in [0, 0.05) is 44.5 Å². The van der Waals surface area contributed by atoms with Crippen molar-refractivity contribution in [2.75, 3.05) is 39.8 Å². The first-order chi connectivity index (χ1) is 15.5. The van der Waals surface area contributed by atoms with Gasteiger partial charge in [-0.2, -0.15) is 4.31 Å². The van der Waals surface area contributed by atoms with Crippen LogP contribution in [0.25, 0.3) is 5.82 Å². The van der Waals surface area contributed by atoms with Crippen LogP contribution in [0, 0.1) is 0 Å². The summed E-state index contributed by atoms with van der Waals surface area (Å²) in [5, 5.41) is 6.27. The molecule has 2 aliphatic heterocycles. The second kappa shape index (κ2) is 13.3. The molecule has 4 heterocycles. The monoisotopic (exact) mass is 468 g/mol. The predicted molar refractivity (Wildman–Crippen MR) is 126 cm³/mol. The van der Waals surface area contributed by atoms with Gasteiger partial charge in [-0.1, -0.05) is 27.7 Å². The molecule has 4 rings (SSSR count). The molecule has 2 aromatic heterocycles. The highest BCUT2D eigenvalue weighted by Gasteiger charge is 2.28. The van der Waals surface area contributed by atoms with Crippen molar-refractivity contribution in [3.05, 3.63) is 39.9 Å². The van der Waals surface area contributed by atoms with E-state index in [1.807, 2.05) is 41.5 Å². The Morgan fingerprint density at radius 1 is 1.03 bits per heavy atom. The van der Waals surface area contributed by atoms with Crippen LogP contribution in [0.5, 0.6) is 0 Å². The Kier molecular flexibility index (Phi) is 11.5. The average molecular weight is 469 g/mol. The summed E-state index contributed by atoms with van der Waals surface area (Å²) < 4.78 is 28.4. The molecular formula is C21H36N6O4S. The molecule has 2 aromatic rings. The molecule has 0 aromatic carbocycles. The minimum absolute atomic E-state index is 0.122. The van der Waals surface area contributed by atoms with Crippen LogP contribution in [0.15, 0.2) is 28.0 Å². The minimum Gasteiger partial charge on any atom is -0.311 e. The highest BCUT2D eigenvalue weighted by Crippen LogP contribution is 2.18. The highest BCUT2D eigenvalue weighted by molar-refractivity contribution is 7.89. The maximum Gasteiger partial charge on any atom is 0.276 e. The second-order valence-corrected chi connectivity index (χ2v) is 8.63. The van der Waals surface area contributed by atoms with E-state index in [1.165, 1.54) is 21.3 Å². The minimum atomic E-state index is -3.56. The number of hydrogen-bond acceptors (Lipinski definition) is 7. The Hall–Kier alpha value is -2.34. The van der Waals surface area contributed by atoms with Crippen molar-refractivity contribution in [1.82, 2.24) is 29.3 Å². The number of sulfonamides is 1. The van der Waals surface area contributed by atoms with Crippen molar-refractivity contribution < 1.29 is 13.2 Å². The number of H-pyrrole nitrogens is 1. The van der Waals surface area contributed by atoms with Crippen molar-refractivity contribution in [1.29, 1.82) is 0 Å². The van der Waals surface area contributed by atoms with Gasteiger partial charge < -0.3 is 15.0 Å². The third-order valence-electron chi connectivity index (χ3n) is 4.98. The summed E-state index contributed by atoms with van der Waals surface area (Å²) in [5.41, 5.74) is 1.50. The quantitative estimate of drug-likeness (QED) is 0.690. The molecule has 0 amide bonds. The third kappa shape index (κ3) is 6.12. The van der Waals surface area contributed by atoms with Gasteiger partial charge in [-0.05, 0) is 32.1 Å². The molecule has 0 radical (unpaired) electrons. The fourth-order valence-corrected chi connectivity index (χ4v) is 4.71. The molecule has 1 fully saturated rings. The molecule has 2 aliphatic rings. The highest BCUT2D eigenvalue weighted by atomic mass is 32.2. The standard InChI is InChI=1S/C16H22N6O3S.2C2H6.CH2O/c1-20-6-8-21(9-7-20)26(24,25)12-2-3-15(18-10-12)22-16(23)13-4-5-17-11-14(13)19-22;3*1-2/h2-3,10,17,19H,4-9,11H2,1H3;2*1-2H3;1H2. The maximum atomic E-state index is 12.8. The van der Waals surface area contributed by atoms with E-state index in [1.54, 1.807) is 6.07 Å². The predicted octanol–water partition coefficient (Wildman–Crippen LogP) is 1.01. The number of nitrogens with zero attached hydrogens (tertiary/aromatic N) is 4. The third-order valence-corrected chi connectivity index (χ3v) is 6.86. The van der Waals surface area contributed by atoms with Gasteiger partial charge in [-0.25, -0.2) is 18.1 Å². The number of carbonyl (C=O) groups excluding carboxylic acids is 1. The van der Waals surface area contributed by atoms with Gasteiger partial charge in [-0.15, -0.1) is 0 Å². The van der Waals surface area contributed by atoms with Crippen molar-refractivity contribution in [3.63, 3.8) is 0 Å². The fraction of sp³-hybridized carbons (Fsp3) is 0.571. The topological polar surface area (TPSA) is 120 Å². The molecule has 32 heavy (non-hydrogen) atoms. The first-order valence-electron chi connectivity index (χ1n) is 10.9. The van der Waals surface area contributed by atoms with Crippen LogP contribution in [0.1, 0.15) is 39.0 Å². The van der Waals surface area contributed by atoms with Crippen LogP contribution < -0.4 is 10.9 Å². The van der Waals surface area contributed by atoms with Crippen LogP contribution >= 0.6 is 0 Å².